The first-order valence-corrected chi connectivity index (χ1v) is 22.1. The molecule has 0 aliphatic heterocycles. The fraction of sp³-hybridized carbons (Fsp3) is 0.571. The molecule has 364 valence electrons. The third-order valence-corrected chi connectivity index (χ3v) is 9.87. The molecular weight excluding hydrogens is 841 g/mol. The summed E-state index contributed by atoms with van der Waals surface area (Å²) < 4.78 is 16.6. The van der Waals surface area contributed by atoms with E-state index in [1.54, 1.807) is 41.3 Å². The molecule has 0 heterocycles. The molecule has 0 aliphatic carbocycles. The number of hydrogen-bond donors (Lipinski definition) is 9. The maximum Gasteiger partial charge on any atom is 0.193 e. The van der Waals surface area contributed by atoms with Crippen LogP contribution in [0.5, 0.6) is 0 Å². The van der Waals surface area contributed by atoms with Crippen LogP contribution in [0, 0.1) is 0 Å². The molecule has 3 atom stereocenters. The van der Waals surface area contributed by atoms with E-state index >= 15 is 0 Å². The molecule has 0 amide bonds. The number of aliphatic hydroxyl groups is 8. The average Bonchev–Trinajstić information content (AvgIpc) is 3.24. The van der Waals surface area contributed by atoms with Gasteiger partial charge in [-0.15, -0.1) is 0 Å². The van der Waals surface area contributed by atoms with Crippen LogP contribution in [0.25, 0.3) is 0 Å². The van der Waals surface area contributed by atoms with E-state index in [0.29, 0.717) is 68.9 Å². The van der Waals surface area contributed by atoms with Crippen molar-refractivity contribution < 1.29 is 69.4 Å². The van der Waals surface area contributed by atoms with Gasteiger partial charge in [0.15, 0.2) is 17.3 Å². The lowest BCUT2D eigenvalue weighted by atomic mass is 9.96. The summed E-state index contributed by atoms with van der Waals surface area (Å²) in [6.45, 7) is 11.8. The molecule has 0 spiro atoms. The highest BCUT2D eigenvalue weighted by Gasteiger charge is 2.27. The summed E-state index contributed by atoms with van der Waals surface area (Å²) in [4.78, 5) is 37.9. The Balaban J connectivity index is 0.000000532. The van der Waals surface area contributed by atoms with Crippen molar-refractivity contribution in [2.75, 3.05) is 85.6 Å². The van der Waals surface area contributed by atoms with E-state index in [1.165, 1.54) is 41.5 Å². The lowest BCUT2D eigenvalue weighted by Gasteiger charge is -2.26. The van der Waals surface area contributed by atoms with Gasteiger partial charge in [0.2, 0.25) is 0 Å². The second kappa shape index (κ2) is 29.0. The molecule has 3 rings (SSSR count). The van der Waals surface area contributed by atoms with Crippen LogP contribution in [0.15, 0.2) is 72.8 Å². The SMILES string of the molecule is CC(C)(O)C(=O)c1ccc(CCOCC(O)CN(CCO)CC(O)COCCc2ccc(C(=O)C(C)(C)O)cc2)cc1.CC(C)(O)C(=O)c1ccc(CCOCC(O)CNCCO)cc1. The Labute approximate surface area is 383 Å². The third-order valence-electron chi connectivity index (χ3n) is 9.87. The van der Waals surface area contributed by atoms with E-state index in [-0.39, 0.29) is 70.0 Å². The van der Waals surface area contributed by atoms with E-state index in [9.17, 15) is 50.1 Å². The van der Waals surface area contributed by atoms with Gasteiger partial charge in [-0.25, -0.2) is 0 Å². The molecule has 0 bridgehead atoms. The minimum atomic E-state index is -1.43. The molecule has 0 aliphatic rings. The monoisotopic (exact) mass is 915 g/mol. The topological polar surface area (TPSA) is 256 Å². The van der Waals surface area contributed by atoms with Crippen molar-refractivity contribution in [3.05, 3.63) is 106 Å². The number of Topliss-reactive ketones (excluding diaryl/α,β-unsaturated/α-hetero) is 3. The van der Waals surface area contributed by atoms with Crippen molar-refractivity contribution in [1.29, 1.82) is 0 Å². The van der Waals surface area contributed by atoms with Gasteiger partial charge < -0.3 is 60.4 Å². The number of nitrogens with zero attached hydrogens (tertiary/aromatic N) is 1. The van der Waals surface area contributed by atoms with Crippen LogP contribution in [0.4, 0.5) is 0 Å². The highest BCUT2D eigenvalue weighted by molar-refractivity contribution is 6.02. The van der Waals surface area contributed by atoms with Gasteiger partial charge in [-0.1, -0.05) is 72.8 Å². The van der Waals surface area contributed by atoms with Gasteiger partial charge in [-0.3, -0.25) is 19.3 Å². The summed E-state index contributed by atoms with van der Waals surface area (Å²) in [5, 5.41) is 80.8. The van der Waals surface area contributed by atoms with Gasteiger partial charge in [0.1, 0.15) is 16.8 Å². The molecule has 0 aromatic heterocycles. The Kier molecular flexibility index (Phi) is 25.6. The number of ketones is 3. The maximum absolute atomic E-state index is 12.1. The van der Waals surface area contributed by atoms with Crippen molar-refractivity contribution in [1.82, 2.24) is 10.2 Å². The number of carbonyl (C=O) groups is 3. The predicted molar refractivity (Wildman–Crippen MR) is 246 cm³/mol. The van der Waals surface area contributed by atoms with Crippen molar-refractivity contribution in [2.45, 2.75) is 95.9 Å². The van der Waals surface area contributed by atoms with E-state index < -0.39 is 35.1 Å². The zero-order valence-electron chi connectivity index (χ0n) is 38.9. The molecule has 65 heavy (non-hydrogen) atoms. The van der Waals surface area contributed by atoms with Gasteiger partial charge >= 0.3 is 0 Å². The summed E-state index contributed by atoms with van der Waals surface area (Å²) in [7, 11) is 0. The van der Waals surface area contributed by atoms with Gasteiger partial charge in [0.25, 0.3) is 0 Å². The number of carbonyl (C=O) groups excluding carboxylic acids is 3. The Hall–Kier alpha value is -3.85. The average molecular weight is 915 g/mol. The number of hydrogen-bond acceptors (Lipinski definition) is 16. The molecule has 3 aromatic rings. The Morgan fingerprint density at radius 3 is 1.11 bits per heavy atom. The van der Waals surface area contributed by atoms with E-state index in [4.69, 9.17) is 19.3 Å². The van der Waals surface area contributed by atoms with Crippen LogP contribution in [-0.4, -0.2) is 184 Å². The summed E-state index contributed by atoms with van der Waals surface area (Å²) >= 11 is 0. The number of ether oxygens (including phenoxy) is 3. The minimum absolute atomic E-state index is 0.0412. The number of nitrogens with one attached hydrogen (secondary N) is 1. The lowest BCUT2D eigenvalue weighted by molar-refractivity contribution is -0.0124. The third kappa shape index (κ3) is 23.4. The zero-order chi connectivity index (χ0) is 48.6. The van der Waals surface area contributed by atoms with Crippen LogP contribution < -0.4 is 5.32 Å². The standard InChI is InChI=1S/C32H47NO9.C17H27NO5/c1-31(2,39)29(37)25-9-5-23(6-10-25)13-17-41-21-27(35)19-33(15-16-34)20-28(36)22-42-18-14-24-7-11-26(12-8-24)30(38)32(3,4)40;1-17(2,22)16(21)14-5-3-13(4-6-14)7-10-23-12-15(20)11-18-8-9-19/h5-12,27-28,34-36,39-40H,13-22H2,1-4H3;3-6,15,18-20,22H,7-12H2,1-2H3. The van der Waals surface area contributed by atoms with Crippen LogP contribution >= 0.6 is 0 Å². The molecule has 0 saturated carbocycles. The molecule has 3 aromatic carbocycles. The second-order valence-electron chi connectivity index (χ2n) is 17.6. The zero-order valence-corrected chi connectivity index (χ0v) is 38.9. The fourth-order valence-corrected chi connectivity index (χ4v) is 6.26. The molecular formula is C49H74N2O14. The molecule has 0 saturated heterocycles. The maximum atomic E-state index is 12.1. The van der Waals surface area contributed by atoms with Crippen LogP contribution in [0.2, 0.25) is 0 Å². The van der Waals surface area contributed by atoms with E-state index in [0.717, 1.165) is 16.7 Å². The van der Waals surface area contributed by atoms with Crippen molar-refractivity contribution in [3.63, 3.8) is 0 Å². The summed E-state index contributed by atoms with van der Waals surface area (Å²) in [5.41, 5.74) is 0.0670. The largest absolute Gasteiger partial charge is 0.395 e. The summed E-state index contributed by atoms with van der Waals surface area (Å²) in [6, 6.07) is 21.0. The second-order valence-corrected chi connectivity index (χ2v) is 17.6. The number of benzene rings is 3. The van der Waals surface area contributed by atoms with Gasteiger partial charge in [-0.05, 0) is 77.5 Å². The molecule has 3 unspecified atom stereocenters. The van der Waals surface area contributed by atoms with Gasteiger partial charge in [0, 0.05) is 49.4 Å². The van der Waals surface area contributed by atoms with Crippen LogP contribution in [-0.2, 0) is 33.5 Å². The van der Waals surface area contributed by atoms with Crippen molar-refractivity contribution >= 4 is 17.3 Å². The first kappa shape index (κ1) is 57.3. The smallest absolute Gasteiger partial charge is 0.193 e. The Morgan fingerprint density at radius 2 is 0.831 bits per heavy atom. The minimum Gasteiger partial charge on any atom is -0.395 e. The Bertz CT molecular complexity index is 1720. The first-order valence-electron chi connectivity index (χ1n) is 22.1. The van der Waals surface area contributed by atoms with E-state index in [2.05, 4.69) is 5.32 Å². The van der Waals surface area contributed by atoms with Gasteiger partial charge in [0.05, 0.1) is 71.2 Å². The molecule has 16 heteroatoms. The van der Waals surface area contributed by atoms with Crippen molar-refractivity contribution in [2.24, 2.45) is 0 Å². The quantitative estimate of drug-likeness (QED) is 0.0328. The Morgan fingerprint density at radius 1 is 0.523 bits per heavy atom. The molecule has 0 fully saturated rings. The van der Waals surface area contributed by atoms with Crippen molar-refractivity contribution in [3.8, 4) is 0 Å². The summed E-state index contributed by atoms with van der Waals surface area (Å²) in [6.07, 6.45) is -0.390. The molecule has 0 radical (unpaired) electrons. The fourth-order valence-electron chi connectivity index (χ4n) is 6.26. The highest BCUT2D eigenvalue weighted by atomic mass is 16.5. The lowest BCUT2D eigenvalue weighted by Crippen LogP contribution is -2.42. The number of rotatable bonds is 31. The van der Waals surface area contributed by atoms with E-state index in [1.807, 2.05) is 36.4 Å². The highest BCUT2D eigenvalue weighted by Crippen LogP contribution is 2.17. The van der Waals surface area contributed by atoms with Gasteiger partial charge in [-0.2, -0.15) is 0 Å². The predicted octanol–water partition coefficient (Wildman–Crippen LogP) is 1.57. The number of aliphatic hydroxyl groups excluding tert-OH is 5. The van der Waals surface area contributed by atoms with Crippen LogP contribution in [0.3, 0.4) is 0 Å². The molecule has 16 nitrogen and oxygen atoms in total. The molecule has 9 N–H and O–H groups in total. The summed E-state index contributed by atoms with van der Waals surface area (Å²) in [5.74, 6) is -0.996. The first-order chi connectivity index (χ1) is 30.5. The van der Waals surface area contributed by atoms with Crippen LogP contribution in [0.1, 0.15) is 89.3 Å². The normalized spacial score (nSPS) is 13.5.